The first kappa shape index (κ1) is 14.1. The Kier molecular flexibility index (Phi) is 4.62. The van der Waals surface area contributed by atoms with E-state index in [-0.39, 0.29) is 0 Å². The molecule has 0 aromatic carbocycles. The molecule has 2 rings (SSSR count). The number of nitriles is 1. The molecule has 4 nitrogen and oxygen atoms in total. The summed E-state index contributed by atoms with van der Waals surface area (Å²) in [6.45, 7) is 5.09. The fourth-order valence-electron chi connectivity index (χ4n) is 2.54. The van der Waals surface area contributed by atoms with Gasteiger partial charge in [0.2, 0.25) is 5.15 Å². The van der Waals surface area contributed by atoms with Crippen LogP contribution < -0.4 is 15.2 Å². The number of pyridine rings is 1. The fourth-order valence-corrected chi connectivity index (χ4v) is 2.79. The molecule has 19 heavy (non-hydrogen) atoms. The van der Waals surface area contributed by atoms with Gasteiger partial charge in [-0.1, -0.05) is 13.3 Å². The van der Waals surface area contributed by atoms with Crippen molar-refractivity contribution < 1.29 is 9.88 Å². The van der Waals surface area contributed by atoms with Crippen molar-refractivity contribution in [3.05, 3.63) is 21.8 Å². The average molecular weight is 281 g/mol. The summed E-state index contributed by atoms with van der Waals surface area (Å²) in [6.07, 6.45) is 3.20. The number of likely N-dealkylation sites (N-methyl/N-ethyl adjacent to an activating group) is 1. The Hall–Kier alpha value is -1.31. The van der Waals surface area contributed by atoms with E-state index in [9.17, 15) is 5.26 Å². The van der Waals surface area contributed by atoms with E-state index < -0.39 is 0 Å². The molecule has 0 radical (unpaired) electrons. The smallest absolute Gasteiger partial charge is 0.282 e. The van der Waals surface area contributed by atoms with Crippen LogP contribution in [0.1, 0.15) is 36.5 Å². The fraction of sp³-hybridized carbons (Fsp3) is 0.571. The Balaban J connectivity index is 2.38. The van der Waals surface area contributed by atoms with Crippen LogP contribution in [0.25, 0.3) is 0 Å². The maximum absolute atomic E-state index is 9.26. The van der Waals surface area contributed by atoms with Gasteiger partial charge in [0.15, 0.2) is 0 Å². The lowest BCUT2D eigenvalue weighted by Gasteiger charge is -2.23. The highest BCUT2D eigenvalue weighted by atomic mass is 35.5. The molecule has 5 heteroatoms. The van der Waals surface area contributed by atoms with Gasteiger partial charge in [0.25, 0.3) is 5.82 Å². The normalized spacial score (nSPS) is 17.7. The second-order valence-corrected chi connectivity index (χ2v) is 5.55. The van der Waals surface area contributed by atoms with E-state index in [0.717, 1.165) is 50.3 Å². The topological polar surface area (TPSA) is 54.4 Å². The van der Waals surface area contributed by atoms with Gasteiger partial charge < -0.3 is 4.90 Å². The number of hydrogen-bond donors (Lipinski definition) is 2. The highest BCUT2D eigenvalue weighted by Crippen LogP contribution is 2.25. The van der Waals surface area contributed by atoms with E-state index in [1.165, 1.54) is 10.5 Å². The van der Waals surface area contributed by atoms with Crippen molar-refractivity contribution in [2.75, 3.05) is 25.5 Å². The molecule has 0 saturated carbocycles. The maximum atomic E-state index is 9.26. The monoisotopic (exact) mass is 280 g/mol. The molecule has 1 aromatic heterocycles. The van der Waals surface area contributed by atoms with Gasteiger partial charge in [0, 0.05) is 6.42 Å². The van der Waals surface area contributed by atoms with Gasteiger partial charge in [-0.15, -0.1) is 0 Å². The molecule has 2 heterocycles. The quantitative estimate of drug-likeness (QED) is 0.633. The molecule has 0 saturated heterocycles. The van der Waals surface area contributed by atoms with Crippen LogP contribution in [0.2, 0.25) is 5.15 Å². The third-order valence-electron chi connectivity index (χ3n) is 3.65. The van der Waals surface area contributed by atoms with E-state index in [2.05, 4.69) is 30.3 Å². The number of rotatable bonds is 4. The summed E-state index contributed by atoms with van der Waals surface area (Å²) < 4.78 is 0. The number of quaternary nitrogens is 1. The van der Waals surface area contributed by atoms with Crippen molar-refractivity contribution in [1.29, 1.82) is 5.26 Å². The number of nitrogens with zero attached hydrogens (tertiary/aromatic N) is 1. The molecular weight excluding hydrogens is 260 g/mol. The van der Waals surface area contributed by atoms with Gasteiger partial charge in [-0.25, -0.2) is 4.98 Å². The number of fused-ring (bicyclic) bond motifs is 1. The number of hydrogen-bond acceptors (Lipinski definition) is 2. The number of nitrogens with one attached hydrogen (secondary N) is 3. The molecule has 3 N–H and O–H groups in total. The Morgan fingerprint density at radius 2 is 2.26 bits per heavy atom. The van der Waals surface area contributed by atoms with Crippen LogP contribution in [0.5, 0.6) is 0 Å². The third-order valence-corrected chi connectivity index (χ3v) is 3.93. The summed E-state index contributed by atoms with van der Waals surface area (Å²) in [5, 5.41) is 13.1. The zero-order chi connectivity index (χ0) is 13.8. The van der Waals surface area contributed by atoms with Gasteiger partial charge in [-0.2, -0.15) is 5.26 Å². The Bertz CT molecular complexity index is 507. The van der Waals surface area contributed by atoms with Crippen molar-refractivity contribution in [1.82, 2.24) is 0 Å². The molecule has 1 aliphatic heterocycles. The van der Waals surface area contributed by atoms with Crippen LogP contribution in [0.4, 0.5) is 5.82 Å². The first-order chi connectivity index (χ1) is 9.17. The second-order valence-electron chi connectivity index (χ2n) is 5.17. The second kappa shape index (κ2) is 6.23. The summed E-state index contributed by atoms with van der Waals surface area (Å²) in [7, 11) is 2.18. The van der Waals surface area contributed by atoms with Crippen molar-refractivity contribution >= 4 is 17.4 Å². The number of unbranched alkanes of at least 4 members (excludes halogenated alkanes) is 1. The summed E-state index contributed by atoms with van der Waals surface area (Å²) in [6, 6.07) is 2.23. The predicted molar refractivity (Wildman–Crippen MR) is 75.3 cm³/mol. The predicted octanol–water partition coefficient (Wildman–Crippen LogP) is 0.809. The maximum Gasteiger partial charge on any atom is 0.282 e. The van der Waals surface area contributed by atoms with Crippen LogP contribution in [-0.2, 0) is 13.0 Å². The average Bonchev–Trinajstić information content (AvgIpc) is 2.39. The van der Waals surface area contributed by atoms with Crippen molar-refractivity contribution in [3.63, 3.8) is 0 Å². The highest BCUT2D eigenvalue weighted by Gasteiger charge is 2.28. The van der Waals surface area contributed by atoms with E-state index in [0.29, 0.717) is 10.7 Å². The Morgan fingerprint density at radius 3 is 2.95 bits per heavy atom. The SMILES string of the molecule is CCCCNc1[nH+]c(Cl)c(C#N)c2c1C[NH+](C)CC2. The molecule has 0 spiro atoms. The lowest BCUT2D eigenvalue weighted by atomic mass is 9.97. The Morgan fingerprint density at radius 1 is 1.47 bits per heavy atom. The number of aromatic amines is 1. The molecular formula is C14H21ClN4+2. The van der Waals surface area contributed by atoms with Crippen LogP contribution in [-0.4, -0.2) is 20.1 Å². The van der Waals surface area contributed by atoms with Gasteiger partial charge in [-0.05, 0) is 23.6 Å². The zero-order valence-corrected chi connectivity index (χ0v) is 12.3. The summed E-state index contributed by atoms with van der Waals surface area (Å²) in [4.78, 5) is 4.62. The number of aromatic nitrogens is 1. The van der Waals surface area contributed by atoms with Gasteiger partial charge in [0.1, 0.15) is 18.2 Å². The minimum atomic E-state index is 0.458. The van der Waals surface area contributed by atoms with Gasteiger partial charge >= 0.3 is 0 Å². The molecule has 0 bridgehead atoms. The van der Waals surface area contributed by atoms with Crippen molar-refractivity contribution in [2.24, 2.45) is 0 Å². The van der Waals surface area contributed by atoms with Crippen LogP contribution in [0, 0.1) is 11.3 Å². The van der Waals surface area contributed by atoms with Gasteiger partial charge in [-0.3, -0.25) is 5.32 Å². The molecule has 0 aliphatic carbocycles. The summed E-state index contributed by atoms with van der Waals surface area (Å²) >= 11 is 6.19. The zero-order valence-electron chi connectivity index (χ0n) is 11.6. The molecule has 1 unspecified atom stereocenters. The van der Waals surface area contributed by atoms with Crippen molar-refractivity contribution in [3.8, 4) is 6.07 Å². The number of halogens is 1. The summed E-state index contributed by atoms with van der Waals surface area (Å²) in [5.74, 6) is 0.992. The molecule has 0 fully saturated rings. The lowest BCUT2D eigenvalue weighted by Crippen LogP contribution is -3.08. The van der Waals surface area contributed by atoms with Crippen LogP contribution >= 0.6 is 11.6 Å². The molecule has 0 amide bonds. The molecule has 102 valence electrons. The minimum absolute atomic E-state index is 0.458. The standard InChI is InChI=1S/C14H19ClN4/c1-3-4-6-17-14-12-9-19(2)7-5-10(12)11(8-16)13(15)18-14/h3-7,9H2,1-2H3,(H,17,18)/p+2. The first-order valence-electron chi connectivity index (χ1n) is 6.89. The number of H-pyrrole nitrogens is 1. The molecule has 1 aliphatic rings. The first-order valence-corrected chi connectivity index (χ1v) is 7.27. The molecule has 1 atom stereocenters. The lowest BCUT2D eigenvalue weighted by molar-refractivity contribution is -0.895. The van der Waals surface area contributed by atoms with E-state index >= 15 is 0 Å². The third kappa shape index (κ3) is 2.99. The van der Waals surface area contributed by atoms with E-state index in [4.69, 9.17) is 11.6 Å². The minimum Gasteiger partial charge on any atom is -0.333 e. The van der Waals surface area contributed by atoms with E-state index in [1.54, 1.807) is 0 Å². The largest absolute Gasteiger partial charge is 0.333 e. The number of anilines is 1. The van der Waals surface area contributed by atoms with Crippen molar-refractivity contribution in [2.45, 2.75) is 32.7 Å². The Labute approximate surface area is 119 Å². The molecule has 1 aromatic rings. The van der Waals surface area contributed by atoms with Crippen LogP contribution in [0.15, 0.2) is 0 Å². The highest BCUT2D eigenvalue weighted by molar-refractivity contribution is 6.29. The summed E-state index contributed by atoms with van der Waals surface area (Å²) in [5.41, 5.74) is 2.96. The van der Waals surface area contributed by atoms with Crippen LogP contribution in [0.3, 0.4) is 0 Å². The van der Waals surface area contributed by atoms with E-state index in [1.807, 2.05) is 0 Å². The van der Waals surface area contributed by atoms with Gasteiger partial charge in [0.05, 0.1) is 25.7 Å².